The minimum atomic E-state index is -0.0405. The Morgan fingerprint density at radius 2 is 1.95 bits per heavy atom. The van der Waals surface area contributed by atoms with E-state index in [4.69, 9.17) is 4.42 Å². The van der Waals surface area contributed by atoms with Gasteiger partial charge in [0.25, 0.3) is 0 Å². The molecule has 0 radical (unpaired) electrons. The van der Waals surface area contributed by atoms with Crippen LogP contribution in [0.3, 0.4) is 0 Å². The molecule has 0 bridgehead atoms. The number of hydrogen-bond acceptors (Lipinski definition) is 4. The van der Waals surface area contributed by atoms with Crippen molar-refractivity contribution in [3.63, 3.8) is 0 Å². The maximum absolute atomic E-state index is 11.8. The molecule has 0 spiro atoms. The third-order valence-electron chi connectivity index (χ3n) is 2.96. The summed E-state index contributed by atoms with van der Waals surface area (Å²) in [5.74, 6) is 0.504. The van der Waals surface area contributed by atoms with Crippen LogP contribution in [-0.4, -0.2) is 30.5 Å². The molecule has 0 saturated carbocycles. The Morgan fingerprint density at radius 3 is 2.68 bits per heavy atom. The number of carbonyl (C=O) groups is 1. The van der Waals surface area contributed by atoms with Crippen LogP contribution in [-0.2, 0) is 11.2 Å². The lowest BCUT2D eigenvalue weighted by Gasteiger charge is -2.04. The predicted octanol–water partition coefficient (Wildman–Crippen LogP) is 2.42. The first-order valence-electron chi connectivity index (χ1n) is 7.27. The molecule has 1 amide bonds. The third kappa shape index (κ3) is 5.87. The van der Waals surface area contributed by atoms with E-state index in [1.54, 1.807) is 0 Å². The lowest BCUT2D eigenvalue weighted by atomic mass is 10.2. The van der Waals surface area contributed by atoms with Crippen molar-refractivity contribution in [2.75, 3.05) is 19.6 Å². The van der Waals surface area contributed by atoms with Crippen LogP contribution in [0.25, 0.3) is 11.5 Å². The number of nitrogens with zero attached hydrogens (tertiary/aromatic N) is 1. The van der Waals surface area contributed by atoms with Crippen LogP contribution >= 0.6 is 12.4 Å². The van der Waals surface area contributed by atoms with Crippen molar-refractivity contribution in [2.24, 2.45) is 0 Å². The van der Waals surface area contributed by atoms with Crippen molar-refractivity contribution >= 4 is 18.3 Å². The van der Waals surface area contributed by atoms with Gasteiger partial charge in [-0.2, -0.15) is 0 Å². The molecule has 2 aromatic rings. The first-order valence-corrected chi connectivity index (χ1v) is 7.27. The minimum Gasteiger partial charge on any atom is -0.444 e. The second-order valence-corrected chi connectivity index (χ2v) is 4.79. The van der Waals surface area contributed by atoms with Crippen LogP contribution < -0.4 is 10.6 Å². The van der Waals surface area contributed by atoms with Crippen LogP contribution in [0.5, 0.6) is 0 Å². The van der Waals surface area contributed by atoms with Gasteiger partial charge in [-0.05, 0) is 25.1 Å². The van der Waals surface area contributed by atoms with Crippen LogP contribution in [0.15, 0.2) is 41.0 Å². The Kier molecular flexibility index (Phi) is 8.25. The Balaban J connectivity index is 0.00000242. The second-order valence-electron chi connectivity index (χ2n) is 4.79. The molecule has 0 saturated heterocycles. The van der Waals surface area contributed by atoms with Crippen LogP contribution in [0, 0.1) is 0 Å². The number of aromatic nitrogens is 1. The number of hydrogen-bond donors (Lipinski definition) is 2. The minimum absolute atomic E-state index is 0. The second kappa shape index (κ2) is 9.97. The average Bonchev–Trinajstić information content (AvgIpc) is 2.96. The third-order valence-corrected chi connectivity index (χ3v) is 2.96. The molecule has 1 aromatic heterocycles. The molecular formula is C16H22ClN3O2. The van der Waals surface area contributed by atoms with E-state index in [2.05, 4.69) is 22.5 Å². The van der Waals surface area contributed by atoms with Gasteiger partial charge in [0.1, 0.15) is 6.26 Å². The van der Waals surface area contributed by atoms with E-state index in [0.29, 0.717) is 18.1 Å². The Bertz CT molecular complexity index is 558. The van der Waals surface area contributed by atoms with Gasteiger partial charge in [0.2, 0.25) is 11.8 Å². The summed E-state index contributed by atoms with van der Waals surface area (Å²) in [5, 5.41) is 6.09. The van der Waals surface area contributed by atoms with Crippen molar-refractivity contribution in [3.8, 4) is 11.5 Å². The topological polar surface area (TPSA) is 67.2 Å². The van der Waals surface area contributed by atoms with E-state index in [1.165, 1.54) is 6.26 Å². The van der Waals surface area contributed by atoms with Gasteiger partial charge in [0, 0.05) is 18.7 Å². The standard InChI is InChI=1S/C16H21N3O2.ClH/c1-2-8-17-9-10-18-15(20)11-14-12-21-16(19-14)13-6-4-3-5-7-13;/h3-7,12,17H,2,8-11H2,1H3,(H,18,20);1H. The zero-order chi connectivity index (χ0) is 14.9. The fourth-order valence-electron chi connectivity index (χ4n) is 1.92. The zero-order valence-corrected chi connectivity index (χ0v) is 13.5. The van der Waals surface area contributed by atoms with Crippen molar-refractivity contribution in [2.45, 2.75) is 19.8 Å². The molecular weight excluding hydrogens is 302 g/mol. The van der Waals surface area contributed by atoms with Crippen molar-refractivity contribution in [3.05, 3.63) is 42.3 Å². The van der Waals surface area contributed by atoms with Gasteiger partial charge in [0.05, 0.1) is 12.1 Å². The molecule has 120 valence electrons. The molecule has 0 aliphatic heterocycles. The average molecular weight is 324 g/mol. The SMILES string of the molecule is CCCNCCNC(=O)Cc1coc(-c2ccccc2)n1.Cl. The van der Waals surface area contributed by atoms with E-state index in [1.807, 2.05) is 30.3 Å². The molecule has 1 aromatic carbocycles. The number of benzene rings is 1. The Morgan fingerprint density at radius 1 is 1.18 bits per heavy atom. The number of nitrogens with one attached hydrogen (secondary N) is 2. The van der Waals surface area contributed by atoms with Gasteiger partial charge in [-0.1, -0.05) is 25.1 Å². The molecule has 0 atom stereocenters. The molecule has 5 nitrogen and oxygen atoms in total. The van der Waals surface area contributed by atoms with E-state index in [9.17, 15) is 4.79 Å². The van der Waals surface area contributed by atoms with Gasteiger partial charge in [0.15, 0.2) is 0 Å². The largest absolute Gasteiger partial charge is 0.444 e. The molecule has 2 N–H and O–H groups in total. The smallest absolute Gasteiger partial charge is 0.226 e. The highest BCUT2D eigenvalue weighted by atomic mass is 35.5. The summed E-state index contributed by atoms with van der Waals surface area (Å²) in [6.07, 6.45) is 2.87. The van der Waals surface area contributed by atoms with E-state index in [-0.39, 0.29) is 24.7 Å². The molecule has 0 fully saturated rings. The molecule has 6 heteroatoms. The molecule has 2 rings (SSSR count). The fourth-order valence-corrected chi connectivity index (χ4v) is 1.92. The van der Waals surface area contributed by atoms with Crippen molar-refractivity contribution < 1.29 is 9.21 Å². The molecule has 0 unspecified atom stereocenters. The van der Waals surface area contributed by atoms with Crippen molar-refractivity contribution in [1.29, 1.82) is 0 Å². The maximum atomic E-state index is 11.8. The number of amides is 1. The first kappa shape index (κ1) is 18.2. The summed E-state index contributed by atoms with van der Waals surface area (Å²) < 4.78 is 5.41. The van der Waals surface area contributed by atoms with Gasteiger partial charge < -0.3 is 15.1 Å². The van der Waals surface area contributed by atoms with Gasteiger partial charge in [-0.25, -0.2) is 4.98 Å². The zero-order valence-electron chi connectivity index (χ0n) is 12.7. The van der Waals surface area contributed by atoms with Gasteiger partial charge >= 0.3 is 0 Å². The molecule has 0 aliphatic carbocycles. The fraction of sp³-hybridized carbons (Fsp3) is 0.375. The summed E-state index contributed by atoms with van der Waals surface area (Å²) in [6, 6.07) is 9.64. The van der Waals surface area contributed by atoms with Crippen molar-refractivity contribution in [1.82, 2.24) is 15.6 Å². The highest BCUT2D eigenvalue weighted by Gasteiger charge is 2.09. The van der Waals surface area contributed by atoms with E-state index in [0.717, 1.165) is 25.1 Å². The van der Waals surface area contributed by atoms with Gasteiger partial charge in [-0.3, -0.25) is 4.79 Å². The maximum Gasteiger partial charge on any atom is 0.226 e. The lowest BCUT2D eigenvalue weighted by molar-refractivity contribution is -0.120. The number of halogens is 1. The Hall–Kier alpha value is -1.85. The number of carbonyl (C=O) groups excluding carboxylic acids is 1. The summed E-state index contributed by atoms with van der Waals surface area (Å²) >= 11 is 0. The predicted molar refractivity (Wildman–Crippen MR) is 89.1 cm³/mol. The lowest BCUT2D eigenvalue weighted by Crippen LogP contribution is -2.33. The molecule has 1 heterocycles. The first-order chi connectivity index (χ1) is 10.3. The monoisotopic (exact) mass is 323 g/mol. The normalized spacial score (nSPS) is 10.0. The van der Waals surface area contributed by atoms with Crippen LogP contribution in [0.4, 0.5) is 0 Å². The summed E-state index contributed by atoms with van der Waals surface area (Å²) in [5.41, 5.74) is 1.56. The highest BCUT2D eigenvalue weighted by molar-refractivity contribution is 5.85. The Labute approximate surface area is 136 Å². The molecule has 22 heavy (non-hydrogen) atoms. The summed E-state index contributed by atoms with van der Waals surface area (Å²) in [6.45, 7) is 4.50. The highest BCUT2D eigenvalue weighted by Crippen LogP contribution is 2.17. The van der Waals surface area contributed by atoms with E-state index >= 15 is 0 Å². The van der Waals surface area contributed by atoms with Crippen LogP contribution in [0.2, 0.25) is 0 Å². The number of rotatable bonds is 8. The summed E-state index contributed by atoms with van der Waals surface area (Å²) in [4.78, 5) is 16.1. The van der Waals surface area contributed by atoms with Crippen LogP contribution in [0.1, 0.15) is 19.0 Å². The molecule has 0 aliphatic rings. The number of oxazole rings is 1. The van der Waals surface area contributed by atoms with Gasteiger partial charge in [-0.15, -0.1) is 12.4 Å². The summed E-state index contributed by atoms with van der Waals surface area (Å²) in [7, 11) is 0. The quantitative estimate of drug-likeness (QED) is 0.732. The van der Waals surface area contributed by atoms with E-state index < -0.39 is 0 Å².